The minimum Gasteiger partial charge on any atom is -0.453 e. The molecule has 9 heteroatoms. The van der Waals surface area contributed by atoms with E-state index in [1.54, 1.807) is 6.07 Å². The SMILES string of the molecule is CN(c1ccc(C(=O)COC(=O)c2ccc(Cl)s2)cc1)S(C)(=O)=O. The van der Waals surface area contributed by atoms with E-state index in [-0.39, 0.29) is 5.78 Å². The fraction of sp³-hybridized carbons (Fsp3) is 0.200. The Morgan fingerprint density at radius 2 is 1.79 bits per heavy atom. The van der Waals surface area contributed by atoms with E-state index in [4.69, 9.17) is 16.3 Å². The van der Waals surface area contributed by atoms with Crippen LogP contribution in [0.25, 0.3) is 0 Å². The number of ketones is 1. The number of esters is 1. The molecule has 0 fully saturated rings. The highest BCUT2D eigenvalue weighted by Gasteiger charge is 2.15. The first-order chi connectivity index (χ1) is 11.2. The Labute approximate surface area is 148 Å². The van der Waals surface area contributed by atoms with E-state index in [9.17, 15) is 18.0 Å². The van der Waals surface area contributed by atoms with Gasteiger partial charge < -0.3 is 4.74 Å². The van der Waals surface area contributed by atoms with Gasteiger partial charge in [-0.2, -0.15) is 0 Å². The molecule has 128 valence electrons. The molecule has 1 aromatic carbocycles. The molecule has 0 spiro atoms. The second-order valence-electron chi connectivity index (χ2n) is 4.88. The predicted octanol–water partition coefficient (Wildman–Crippen LogP) is 2.84. The molecule has 0 N–H and O–H groups in total. The molecule has 0 bridgehead atoms. The van der Waals surface area contributed by atoms with E-state index in [2.05, 4.69) is 0 Å². The maximum atomic E-state index is 12.0. The number of benzene rings is 1. The van der Waals surface area contributed by atoms with Crippen LogP contribution in [0.2, 0.25) is 4.34 Å². The van der Waals surface area contributed by atoms with Crippen LogP contribution in [0.3, 0.4) is 0 Å². The molecule has 0 aliphatic rings. The van der Waals surface area contributed by atoms with Crippen molar-refractivity contribution in [2.24, 2.45) is 0 Å². The van der Waals surface area contributed by atoms with Crippen molar-refractivity contribution in [1.29, 1.82) is 0 Å². The van der Waals surface area contributed by atoms with Crippen molar-refractivity contribution in [2.45, 2.75) is 0 Å². The quantitative estimate of drug-likeness (QED) is 0.562. The number of Topliss-reactive ketones (excluding diaryl/α,β-unsaturated/α-hetero) is 1. The Bertz CT molecular complexity index is 858. The van der Waals surface area contributed by atoms with Crippen LogP contribution >= 0.6 is 22.9 Å². The van der Waals surface area contributed by atoms with E-state index in [1.165, 1.54) is 37.4 Å². The molecule has 0 radical (unpaired) electrons. The number of carbonyl (C=O) groups is 2. The molecule has 0 saturated carbocycles. The van der Waals surface area contributed by atoms with Crippen molar-refractivity contribution in [2.75, 3.05) is 24.2 Å². The Morgan fingerprint density at radius 3 is 2.29 bits per heavy atom. The van der Waals surface area contributed by atoms with Gasteiger partial charge in [0.1, 0.15) is 4.88 Å². The highest BCUT2D eigenvalue weighted by Crippen LogP contribution is 2.22. The topological polar surface area (TPSA) is 80.8 Å². The Balaban J connectivity index is 1.99. The maximum Gasteiger partial charge on any atom is 0.348 e. The largest absolute Gasteiger partial charge is 0.453 e. The zero-order valence-corrected chi connectivity index (χ0v) is 15.2. The minimum absolute atomic E-state index is 0.317. The fourth-order valence-corrected chi connectivity index (χ4v) is 3.20. The molecule has 0 aliphatic carbocycles. The second-order valence-corrected chi connectivity index (χ2v) is 8.61. The van der Waals surface area contributed by atoms with Crippen molar-refractivity contribution in [3.8, 4) is 0 Å². The minimum atomic E-state index is -3.37. The summed E-state index contributed by atoms with van der Waals surface area (Å²) in [6, 6.07) is 9.08. The van der Waals surface area contributed by atoms with Gasteiger partial charge in [-0.15, -0.1) is 11.3 Å². The average Bonchev–Trinajstić information content (AvgIpc) is 2.97. The predicted molar refractivity (Wildman–Crippen MR) is 93.6 cm³/mol. The van der Waals surface area contributed by atoms with Gasteiger partial charge in [-0.1, -0.05) is 11.6 Å². The van der Waals surface area contributed by atoms with Gasteiger partial charge >= 0.3 is 5.97 Å². The van der Waals surface area contributed by atoms with Crippen LogP contribution in [-0.4, -0.2) is 40.1 Å². The number of rotatable bonds is 6. The number of thiophene rings is 1. The van der Waals surface area contributed by atoms with Crippen molar-refractivity contribution >= 4 is 50.4 Å². The molecule has 2 rings (SSSR count). The number of hydrogen-bond acceptors (Lipinski definition) is 6. The second kappa shape index (κ2) is 7.33. The number of hydrogen-bond donors (Lipinski definition) is 0. The Hall–Kier alpha value is -1.90. The van der Waals surface area contributed by atoms with E-state index in [1.807, 2.05) is 0 Å². The molecule has 0 amide bonds. The molecule has 0 aliphatic heterocycles. The van der Waals surface area contributed by atoms with Gasteiger partial charge in [-0.25, -0.2) is 13.2 Å². The lowest BCUT2D eigenvalue weighted by Gasteiger charge is -2.16. The van der Waals surface area contributed by atoms with Crippen molar-refractivity contribution < 1.29 is 22.7 Å². The molecule has 0 unspecified atom stereocenters. The molecular formula is C15H14ClNO5S2. The lowest BCUT2D eigenvalue weighted by atomic mass is 10.1. The van der Waals surface area contributed by atoms with Crippen LogP contribution in [0.15, 0.2) is 36.4 Å². The zero-order chi connectivity index (χ0) is 17.9. The highest BCUT2D eigenvalue weighted by atomic mass is 35.5. The normalized spacial score (nSPS) is 11.1. The van der Waals surface area contributed by atoms with Crippen molar-refractivity contribution in [3.63, 3.8) is 0 Å². The monoisotopic (exact) mass is 387 g/mol. The summed E-state index contributed by atoms with van der Waals surface area (Å²) in [5, 5.41) is 0. The smallest absolute Gasteiger partial charge is 0.348 e. The molecular weight excluding hydrogens is 374 g/mol. The third-order valence-corrected chi connectivity index (χ3v) is 5.58. The van der Waals surface area contributed by atoms with Crippen LogP contribution in [0.4, 0.5) is 5.69 Å². The standard InChI is InChI=1S/C15H14ClNO5S2/c1-17(24(2,20)21)11-5-3-10(4-6-11)12(18)9-22-15(19)13-7-8-14(16)23-13/h3-8H,9H2,1-2H3. The van der Waals surface area contributed by atoms with Gasteiger partial charge in [0.05, 0.1) is 16.3 Å². The summed E-state index contributed by atoms with van der Waals surface area (Å²) in [6.07, 6.45) is 1.09. The summed E-state index contributed by atoms with van der Waals surface area (Å²) < 4.78 is 29.4. The number of halogens is 1. The zero-order valence-electron chi connectivity index (χ0n) is 12.9. The fourth-order valence-electron chi connectivity index (χ4n) is 1.76. The van der Waals surface area contributed by atoms with Gasteiger partial charge in [-0.3, -0.25) is 9.10 Å². The third-order valence-electron chi connectivity index (χ3n) is 3.16. The van der Waals surface area contributed by atoms with Crippen LogP contribution < -0.4 is 4.31 Å². The third kappa shape index (κ3) is 4.56. The average molecular weight is 388 g/mol. The Kier molecular flexibility index (Phi) is 5.63. The molecule has 6 nitrogen and oxygen atoms in total. The van der Waals surface area contributed by atoms with E-state index in [0.29, 0.717) is 20.5 Å². The molecule has 2 aromatic rings. The highest BCUT2D eigenvalue weighted by molar-refractivity contribution is 7.92. The molecule has 0 saturated heterocycles. The number of anilines is 1. The first-order valence-corrected chi connectivity index (χ1v) is 9.72. The molecule has 24 heavy (non-hydrogen) atoms. The van der Waals surface area contributed by atoms with Crippen molar-refractivity contribution in [1.82, 2.24) is 0 Å². The number of carbonyl (C=O) groups excluding carboxylic acids is 2. The van der Waals surface area contributed by atoms with Gasteiger partial charge in [0, 0.05) is 12.6 Å². The van der Waals surface area contributed by atoms with Gasteiger partial charge in [0.25, 0.3) is 0 Å². The van der Waals surface area contributed by atoms with Gasteiger partial charge in [0.2, 0.25) is 10.0 Å². The number of ether oxygens (including phenoxy) is 1. The molecule has 1 aromatic heterocycles. The van der Waals surface area contributed by atoms with Crippen molar-refractivity contribution in [3.05, 3.63) is 51.2 Å². The van der Waals surface area contributed by atoms with Crippen LogP contribution in [-0.2, 0) is 14.8 Å². The van der Waals surface area contributed by atoms with Gasteiger partial charge in [0.15, 0.2) is 12.4 Å². The van der Waals surface area contributed by atoms with E-state index in [0.717, 1.165) is 21.9 Å². The summed E-state index contributed by atoms with van der Waals surface area (Å²) in [4.78, 5) is 24.1. The number of sulfonamides is 1. The first kappa shape index (κ1) is 18.4. The molecule has 1 heterocycles. The van der Waals surface area contributed by atoms with Gasteiger partial charge in [-0.05, 0) is 36.4 Å². The summed E-state index contributed by atoms with van der Waals surface area (Å²) >= 11 is 6.80. The summed E-state index contributed by atoms with van der Waals surface area (Å²) in [5.41, 5.74) is 0.747. The van der Waals surface area contributed by atoms with E-state index < -0.39 is 22.6 Å². The lowest BCUT2D eigenvalue weighted by molar-refractivity contribution is 0.0479. The van der Waals surface area contributed by atoms with Crippen LogP contribution in [0, 0.1) is 0 Å². The van der Waals surface area contributed by atoms with Crippen LogP contribution in [0.1, 0.15) is 20.0 Å². The number of nitrogens with zero attached hydrogens (tertiary/aromatic N) is 1. The summed E-state index contributed by atoms with van der Waals surface area (Å²) in [5.74, 6) is -1.01. The maximum absolute atomic E-state index is 12.0. The summed E-state index contributed by atoms with van der Waals surface area (Å²) in [7, 11) is -1.95. The van der Waals surface area contributed by atoms with Crippen LogP contribution in [0.5, 0.6) is 0 Å². The molecule has 0 atom stereocenters. The summed E-state index contributed by atoms with van der Waals surface area (Å²) in [6.45, 7) is -0.407. The Morgan fingerprint density at radius 1 is 1.17 bits per heavy atom. The van der Waals surface area contributed by atoms with E-state index >= 15 is 0 Å². The lowest BCUT2D eigenvalue weighted by Crippen LogP contribution is -2.24. The first-order valence-electron chi connectivity index (χ1n) is 6.68.